The Balaban J connectivity index is 1.64. The van der Waals surface area contributed by atoms with Gasteiger partial charge in [-0.3, -0.25) is 14.5 Å². The molecule has 2 aliphatic rings. The molecular formula is C23H24F2N2O5S. The highest BCUT2D eigenvalue weighted by Gasteiger charge is 2.45. The van der Waals surface area contributed by atoms with Gasteiger partial charge in [0, 0.05) is 17.7 Å². The second kappa shape index (κ2) is 8.09. The lowest BCUT2D eigenvalue weighted by atomic mass is 9.85. The number of anilines is 2. The third kappa shape index (κ3) is 4.19. The number of carbonyl (C=O) groups excluding carboxylic acids is 2. The Morgan fingerprint density at radius 2 is 1.94 bits per heavy atom. The molecule has 1 N–H and O–H groups in total. The number of nitrogens with zero attached hydrogens (tertiary/aromatic N) is 1. The maximum absolute atomic E-state index is 13.3. The Kier molecular flexibility index (Phi) is 5.68. The Labute approximate surface area is 190 Å². The molecule has 0 aliphatic carbocycles. The van der Waals surface area contributed by atoms with Crippen molar-refractivity contribution in [2.75, 3.05) is 10.7 Å². The van der Waals surface area contributed by atoms with Crippen molar-refractivity contribution in [1.29, 1.82) is 0 Å². The first-order valence-electron chi connectivity index (χ1n) is 10.5. The van der Waals surface area contributed by atoms with E-state index in [0.717, 1.165) is 0 Å². The molecule has 1 fully saturated rings. The summed E-state index contributed by atoms with van der Waals surface area (Å²) >= 11 is 0. The van der Waals surface area contributed by atoms with E-state index in [1.165, 1.54) is 23.1 Å². The van der Waals surface area contributed by atoms with Crippen LogP contribution in [-0.4, -0.2) is 43.9 Å². The molecule has 2 aromatic rings. The van der Waals surface area contributed by atoms with Crippen LogP contribution in [0.3, 0.4) is 0 Å². The lowest BCUT2D eigenvalue weighted by Crippen LogP contribution is -2.35. The SMILES string of the molecule is C[C@@H]1C[C@@H](NC(=O)c2ccc3c(c2)C(C)(C)C(=O)N3c2cccc(OC(F)F)c2)CS1(=O)=O. The fourth-order valence-electron chi connectivity index (χ4n) is 4.36. The normalized spacial score (nSPS) is 23.0. The first kappa shape index (κ1) is 23.2. The van der Waals surface area contributed by atoms with Crippen molar-refractivity contribution in [3.8, 4) is 5.75 Å². The molecule has 2 atom stereocenters. The third-order valence-electron chi connectivity index (χ3n) is 6.21. The average molecular weight is 479 g/mol. The molecular weight excluding hydrogens is 454 g/mol. The molecule has 0 spiro atoms. The summed E-state index contributed by atoms with van der Waals surface area (Å²) in [4.78, 5) is 27.5. The van der Waals surface area contributed by atoms with Gasteiger partial charge in [0.05, 0.1) is 27.8 Å². The number of carbonyl (C=O) groups is 2. The zero-order valence-electron chi connectivity index (χ0n) is 18.3. The van der Waals surface area contributed by atoms with E-state index in [1.54, 1.807) is 45.0 Å². The van der Waals surface area contributed by atoms with Gasteiger partial charge in [-0.25, -0.2) is 8.42 Å². The van der Waals surface area contributed by atoms with Crippen molar-refractivity contribution in [3.63, 3.8) is 0 Å². The van der Waals surface area contributed by atoms with Crippen LogP contribution in [0.1, 0.15) is 43.1 Å². The monoisotopic (exact) mass is 478 g/mol. The van der Waals surface area contributed by atoms with Crippen LogP contribution in [0.15, 0.2) is 42.5 Å². The van der Waals surface area contributed by atoms with Gasteiger partial charge < -0.3 is 10.1 Å². The van der Waals surface area contributed by atoms with Crippen molar-refractivity contribution >= 4 is 33.0 Å². The second-order valence-electron chi connectivity index (χ2n) is 8.92. The van der Waals surface area contributed by atoms with E-state index in [0.29, 0.717) is 28.9 Å². The number of hydrogen-bond donors (Lipinski definition) is 1. The fraction of sp³-hybridized carbons (Fsp3) is 0.391. The molecule has 33 heavy (non-hydrogen) atoms. The Hall–Kier alpha value is -3.01. The first-order valence-corrected chi connectivity index (χ1v) is 12.2. The smallest absolute Gasteiger partial charge is 0.387 e. The van der Waals surface area contributed by atoms with E-state index < -0.39 is 39.1 Å². The van der Waals surface area contributed by atoms with Crippen LogP contribution in [0.5, 0.6) is 5.75 Å². The number of sulfone groups is 1. The molecule has 1 saturated heterocycles. The topological polar surface area (TPSA) is 92.8 Å². The van der Waals surface area contributed by atoms with E-state index in [-0.39, 0.29) is 17.4 Å². The molecule has 0 bridgehead atoms. The number of amides is 2. The van der Waals surface area contributed by atoms with Crippen LogP contribution in [0.4, 0.5) is 20.2 Å². The number of benzene rings is 2. The van der Waals surface area contributed by atoms with Gasteiger partial charge in [-0.05, 0) is 63.1 Å². The minimum Gasteiger partial charge on any atom is -0.435 e. The molecule has 0 aromatic heterocycles. The summed E-state index contributed by atoms with van der Waals surface area (Å²) in [6, 6.07) is 10.2. The van der Waals surface area contributed by atoms with E-state index in [2.05, 4.69) is 10.1 Å². The lowest BCUT2D eigenvalue weighted by Gasteiger charge is -2.21. The maximum atomic E-state index is 13.3. The number of hydrogen-bond acceptors (Lipinski definition) is 5. The van der Waals surface area contributed by atoms with Gasteiger partial charge in [0.1, 0.15) is 5.75 Å². The molecule has 7 nitrogen and oxygen atoms in total. The van der Waals surface area contributed by atoms with Gasteiger partial charge in [-0.1, -0.05) is 6.07 Å². The van der Waals surface area contributed by atoms with Crippen LogP contribution in [0, 0.1) is 0 Å². The molecule has 176 valence electrons. The molecule has 2 aliphatic heterocycles. The molecule has 0 saturated carbocycles. The van der Waals surface area contributed by atoms with Crippen LogP contribution in [-0.2, 0) is 20.0 Å². The van der Waals surface area contributed by atoms with Crippen molar-refractivity contribution in [3.05, 3.63) is 53.6 Å². The minimum atomic E-state index is -3.21. The average Bonchev–Trinajstić information content (AvgIpc) is 3.09. The zero-order valence-corrected chi connectivity index (χ0v) is 19.2. The number of ether oxygens (including phenoxy) is 1. The molecule has 2 heterocycles. The summed E-state index contributed by atoms with van der Waals surface area (Å²) in [5, 5.41) is 2.27. The predicted octanol–water partition coefficient (Wildman–Crippen LogP) is 3.55. The van der Waals surface area contributed by atoms with E-state index in [1.807, 2.05) is 0 Å². The minimum absolute atomic E-state index is 0.0710. The van der Waals surface area contributed by atoms with Gasteiger partial charge >= 0.3 is 6.61 Å². The summed E-state index contributed by atoms with van der Waals surface area (Å²) in [6.07, 6.45) is 0.355. The summed E-state index contributed by atoms with van der Waals surface area (Å²) in [5.41, 5.74) is 0.840. The van der Waals surface area contributed by atoms with E-state index in [4.69, 9.17) is 0 Å². The number of fused-ring (bicyclic) bond motifs is 1. The number of nitrogens with one attached hydrogen (secondary N) is 1. The van der Waals surface area contributed by atoms with Gasteiger partial charge in [-0.2, -0.15) is 8.78 Å². The Bertz CT molecular complexity index is 1230. The molecule has 4 rings (SSSR count). The Morgan fingerprint density at radius 1 is 1.21 bits per heavy atom. The summed E-state index contributed by atoms with van der Waals surface area (Å²) in [6.45, 7) is 2.08. The Morgan fingerprint density at radius 3 is 2.58 bits per heavy atom. The molecule has 10 heteroatoms. The highest BCUT2D eigenvalue weighted by atomic mass is 32.2. The molecule has 0 radical (unpaired) electrons. The number of alkyl halides is 2. The van der Waals surface area contributed by atoms with Crippen molar-refractivity contribution in [1.82, 2.24) is 5.32 Å². The van der Waals surface area contributed by atoms with Crippen LogP contribution >= 0.6 is 0 Å². The first-order chi connectivity index (χ1) is 15.4. The highest BCUT2D eigenvalue weighted by Crippen LogP contribution is 2.46. The maximum Gasteiger partial charge on any atom is 0.387 e. The molecule has 2 amide bonds. The van der Waals surface area contributed by atoms with Crippen LogP contribution < -0.4 is 15.0 Å². The second-order valence-corrected chi connectivity index (χ2v) is 11.4. The van der Waals surface area contributed by atoms with Gasteiger partial charge in [0.15, 0.2) is 9.84 Å². The summed E-state index contributed by atoms with van der Waals surface area (Å²) < 4.78 is 53.7. The lowest BCUT2D eigenvalue weighted by molar-refractivity contribution is -0.121. The zero-order chi connectivity index (χ0) is 24.1. The molecule has 0 unspecified atom stereocenters. The van der Waals surface area contributed by atoms with Gasteiger partial charge in [-0.15, -0.1) is 0 Å². The molecule has 2 aromatic carbocycles. The largest absolute Gasteiger partial charge is 0.435 e. The quantitative estimate of drug-likeness (QED) is 0.710. The number of halogens is 2. The van der Waals surface area contributed by atoms with E-state index in [9.17, 15) is 26.8 Å². The van der Waals surface area contributed by atoms with Gasteiger partial charge in [0.25, 0.3) is 5.91 Å². The highest BCUT2D eigenvalue weighted by molar-refractivity contribution is 7.92. The van der Waals surface area contributed by atoms with Crippen LogP contribution in [0.25, 0.3) is 0 Å². The summed E-state index contributed by atoms with van der Waals surface area (Å²) in [5.74, 6) is -0.862. The van der Waals surface area contributed by atoms with Crippen molar-refractivity contribution in [2.45, 2.75) is 50.5 Å². The van der Waals surface area contributed by atoms with Gasteiger partial charge in [0.2, 0.25) is 5.91 Å². The standard InChI is InChI=1S/C23H24F2N2O5S/c1-13-9-15(12-33(13,30)31)26-20(28)14-7-8-19-18(10-14)23(2,3)21(29)27(19)16-5-4-6-17(11-16)32-22(24)25/h4-8,10-11,13,15,22H,9,12H2,1-3H3,(H,26,28)/t13-,15-/m1/s1. The summed E-state index contributed by atoms with van der Waals surface area (Å²) in [7, 11) is -3.21. The van der Waals surface area contributed by atoms with E-state index >= 15 is 0 Å². The van der Waals surface area contributed by atoms with Crippen molar-refractivity contribution < 1.29 is 31.5 Å². The number of rotatable bonds is 5. The van der Waals surface area contributed by atoms with Crippen LogP contribution in [0.2, 0.25) is 0 Å². The van der Waals surface area contributed by atoms with Crippen molar-refractivity contribution in [2.24, 2.45) is 0 Å². The third-order valence-corrected chi connectivity index (χ3v) is 8.50. The fourth-order valence-corrected chi connectivity index (χ4v) is 6.00. The predicted molar refractivity (Wildman–Crippen MR) is 119 cm³/mol.